The van der Waals surface area contributed by atoms with Gasteiger partial charge in [-0.15, -0.1) is 0 Å². The van der Waals surface area contributed by atoms with Crippen LogP contribution in [-0.4, -0.2) is 54.2 Å². The summed E-state index contributed by atoms with van der Waals surface area (Å²) < 4.78 is 13.1. The molecule has 0 spiro atoms. The van der Waals surface area contributed by atoms with Crippen LogP contribution in [0.15, 0.2) is 24.3 Å². The molecule has 138 valence electrons. The Labute approximate surface area is 148 Å². The fourth-order valence-electron chi connectivity index (χ4n) is 4.09. The Hall–Kier alpha value is -1.66. The SMILES string of the molecule is C[C@@]1(C(N)=O)CCCN(CC2(O)CCN(c3ccc(F)cc3)CC2)C1. The summed E-state index contributed by atoms with van der Waals surface area (Å²) in [7, 11) is 0. The number of piperidine rings is 2. The van der Waals surface area contributed by atoms with Gasteiger partial charge in [0.15, 0.2) is 0 Å². The summed E-state index contributed by atoms with van der Waals surface area (Å²) >= 11 is 0. The van der Waals surface area contributed by atoms with Gasteiger partial charge in [-0.2, -0.15) is 0 Å². The van der Waals surface area contributed by atoms with Crippen LogP contribution in [0.5, 0.6) is 0 Å². The van der Waals surface area contributed by atoms with Crippen molar-refractivity contribution in [3.63, 3.8) is 0 Å². The Balaban J connectivity index is 1.57. The average Bonchev–Trinajstić information content (AvgIpc) is 2.56. The molecule has 0 unspecified atom stereocenters. The third-order valence-corrected chi connectivity index (χ3v) is 5.77. The first-order chi connectivity index (χ1) is 11.8. The largest absolute Gasteiger partial charge is 0.388 e. The number of primary amides is 1. The summed E-state index contributed by atoms with van der Waals surface area (Å²) in [5.41, 5.74) is 5.31. The number of anilines is 1. The molecule has 0 bridgehead atoms. The predicted molar refractivity (Wildman–Crippen MR) is 95.8 cm³/mol. The lowest BCUT2D eigenvalue weighted by Gasteiger charge is -2.45. The molecule has 1 amide bonds. The van der Waals surface area contributed by atoms with Crippen LogP contribution < -0.4 is 10.6 Å². The topological polar surface area (TPSA) is 69.8 Å². The zero-order valence-electron chi connectivity index (χ0n) is 14.9. The molecule has 2 fully saturated rings. The van der Waals surface area contributed by atoms with Crippen molar-refractivity contribution < 1.29 is 14.3 Å². The third-order valence-electron chi connectivity index (χ3n) is 5.77. The van der Waals surface area contributed by atoms with E-state index in [1.807, 2.05) is 6.92 Å². The highest BCUT2D eigenvalue weighted by molar-refractivity contribution is 5.80. The highest BCUT2D eigenvalue weighted by Crippen LogP contribution is 2.32. The Kier molecular flexibility index (Phi) is 5.02. The molecule has 5 nitrogen and oxygen atoms in total. The molecule has 2 aliphatic heterocycles. The summed E-state index contributed by atoms with van der Waals surface area (Å²) in [4.78, 5) is 16.1. The fraction of sp³-hybridized carbons (Fsp3) is 0.632. The standard InChI is InChI=1S/C19H28FN3O2/c1-18(17(21)24)7-2-10-22(13-18)14-19(25)8-11-23(12-9-19)16-5-3-15(20)4-6-16/h3-6,25H,2,7-14H2,1H3,(H2,21,24)/t18-/m1/s1. The van der Waals surface area contributed by atoms with Crippen molar-refractivity contribution in [1.29, 1.82) is 0 Å². The van der Waals surface area contributed by atoms with Crippen LogP contribution >= 0.6 is 0 Å². The molecule has 6 heteroatoms. The molecule has 0 saturated carbocycles. The van der Waals surface area contributed by atoms with Crippen LogP contribution in [0.25, 0.3) is 0 Å². The molecule has 2 heterocycles. The van der Waals surface area contributed by atoms with E-state index < -0.39 is 11.0 Å². The lowest BCUT2D eigenvalue weighted by Crippen LogP contribution is -2.55. The van der Waals surface area contributed by atoms with E-state index in [0.717, 1.165) is 38.2 Å². The molecular weight excluding hydrogens is 321 g/mol. The van der Waals surface area contributed by atoms with Gasteiger partial charge in [-0.25, -0.2) is 4.39 Å². The van der Waals surface area contributed by atoms with Gasteiger partial charge >= 0.3 is 0 Å². The van der Waals surface area contributed by atoms with Crippen LogP contribution in [-0.2, 0) is 4.79 Å². The number of nitrogens with zero attached hydrogens (tertiary/aromatic N) is 2. The van der Waals surface area contributed by atoms with Crippen molar-refractivity contribution >= 4 is 11.6 Å². The number of carbonyl (C=O) groups is 1. The lowest BCUT2D eigenvalue weighted by molar-refractivity contribution is -0.131. The number of carbonyl (C=O) groups excluding carboxylic acids is 1. The van der Waals surface area contributed by atoms with Crippen molar-refractivity contribution in [1.82, 2.24) is 4.90 Å². The normalized spacial score (nSPS) is 27.2. The van der Waals surface area contributed by atoms with Gasteiger partial charge in [0.05, 0.1) is 11.0 Å². The van der Waals surface area contributed by atoms with Crippen molar-refractivity contribution in [2.75, 3.05) is 37.6 Å². The van der Waals surface area contributed by atoms with Gasteiger partial charge in [0.1, 0.15) is 5.82 Å². The maximum absolute atomic E-state index is 13.1. The molecular formula is C19H28FN3O2. The number of hydrogen-bond donors (Lipinski definition) is 2. The zero-order chi connectivity index (χ0) is 18.1. The molecule has 2 saturated heterocycles. The number of likely N-dealkylation sites (tertiary alicyclic amines) is 1. The quantitative estimate of drug-likeness (QED) is 0.869. The Morgan fingerprint density at radius 1 is 1.20 bits per heavy atom. The Morgan fingerprint density at radius 3 is 2.44 bits per heavy atom. The van der Waals surface area contributed by atoms with E-state index in [2.05, 4.69) is 9.80 Å². The highest BCUT2D eigenvalue weighted by atomic mass is 19.1. The van der Waals surface area contributed by atoms with Crippen molar-refractivity contribution in [3.05, 3.63) is 30.1 Å². The first-order valence-electron chi connectivity index (χ1n) is 9.05. The first kappa shape index (κ1) is 18.1. The molecule has 1 aromatic rings. The van der Waals surface area contributed by atoms with Crippen LogP contribution in [0.3, 0.4) is 0 Å². The van der Waals surface area contributed by atoms with Crippen LogP contribution in [0, 0.1) is 11.2 Å². The maximum atomic E-state index is 13.1. The van der Waals surface area contributed by atoms with E-state index in [1.54, 1.807) is 12.1 Å². The van der Waals surface area contributed by atoms with Crippen molar-refractivity contribution in [2.24, 2.45) is 11.1 Å². The second-order valence-corrected chi connectivity index (χ2v) is 7.93. The van der Waals surface area contributed by atoms with Gasteiger partial charge in [-0.1, -0.05) is 0 Å². The maximum Gasteiger partial charge on any atom is 0.224 e. The van der Waals surface area contributed by atoms with Gasteiger partial charge < -0.3 is 15.7 Å². The predicted octanol–water partition coefficient (Wildman–Crippen LogP) is 1.74. The molecule has 1 aromatic carbocycles. The monoisotopic (exact) mass is 349 g/mol. The summed E-state index contributed by atoms with van der Waals surface area (Å²) in [6.07, 6.45) is 3.06. The van der Waals surface area contributed by atoms with Crippen LogP contribution in [0.2, 0.25) is 0 Å². The number of nitrogens with two attached hydrogens (primary N) is 1. The summed E-state index contributed by atoms with van der Waals surface area (Å²) in [6, 6.07) is 6.49. The number of halogens is 1. The third kappa shape index (κ3) is 4.12. The molecule has 1 atom stereocenters. The van der Waals surface area contributed by atoms with E-state index in [1.165, 1.54) is 12.1 Å². The average molecular weight is 349 g/mol. The second-order valence-electron chi connectivity index (χ2n) is 7.93. The summed E-state index contributed by atoms with van der Waals surface area (Å²) in [5.74, 6) is -0.491. The second kappa shape index (κ2) is 6.92. The molecule has 3 N–H and O–H groups in total. The van der Waals surface area contributed by atoms with Crippen molar-refractivity contribution in [2.45, 2.75) is 38.2 Å². The van der Waals surface area contributed by atoms with Gasteiger partial charge in [0.25, 0.3) is 0 Å². The van der Waals surface area contributed by atoms with Gasteiger partial charge in [-0.05, 0) is 63.4 Å². The van der Waals surface area contributed by atoms with Crippen molar-refractivity contribution in [3.8, 4) is 0 Å². The number of β-amino-alcohol motifs (C(OH)–C–C–N with tert-alkyl or cyclic N) is 1. The smallest absolute Gasteiger partial charge is 0.224 e. The van der Waals surface area contributed by atoms with Gasteiger partial charge in [-0.3, -0.25) is 9.69 Å². The molecule has 0 aliphatic carbocycles. The minimum atomic E-state index is -0.744. The van der Waals surface area contributed by atoms with Crippen LogP contribution in [0.1, 0.15) is 32.6 Å². The highest BCUT2D eigenvalue weighted by Gasteiger charge is 2.40. The number of aliphatic hydroxyl groups is 1. The molecule has 0 radical (unpaired) electrons. The number of benzene rings is 1. The minimum absolute atomic E-state index is 0.236. The molecule has 0 aromatic heterocycles. The lowest BCUT2D eigenvalue weighted by atomic mass is 9.80. The van der Waals surface area contributed by atoms with E-state index in [0.29, 0.717) is 25.9 Å². The number of amides is 1. The number of rotatable bonds is 4. The Morgan fingerprint density at radius 2 is 1.84 bits per heavy atom. The molecule has 25 heavy (non-hydrogen) atoms. The van der Waals surface area contributed by atoms with E-state index in [9.17, 15) is 14.3 Å². The fourth-order valence-corrected chi connectivity index (χ4v) is 4.09. The zero-order valence-corrected chi connectivity index (χ0v) is 14.9. The molecule has 3 rings (SSSR count). The summed E-state index contributed by atoms with van der Waals surface area (Å²) in [5, 5.41) is 11.0. The number of hydrogen-bond acceptors (Lipinski definition) is 4. The summed E-state index contributed by atoms with van der Waals surface area (Å²) in [6.45, 7) is 5.49. The van der Waals surface area contributed by atoms with Crippen LogP contribution in [0.4, 0.5) is 10.1 Å². The Bertz CT molecular complexity index is 614. The molecule has 2 aliphatic rings. The van der Waals surface area contributed by atoms with Gasteiger partial charge in [0, 0.05) is 31.9 Å². The van der Waals surface area contributed by atoms with E-state index in [4.69, 9.17) is 5.73 Å². The minimum Gasteiger partial charge on any atom is -0.388 e. The van der Waals surface area contributed by atoms with E-state index >= 15 is 0 Å². The van der Waals surface area contributed by atoms with E-state index in [-0.39, 0.29) is 11.7 Å². The van der Waals surface area contributed by atoms with Gasteiger partial charge in [0.2, 0.25) is 5.91 Å². The first-order valence-corrected chi connectivity index (χ1v) is 9.05.